The normalized spacial score (nSPS) is 12.7. The molecule has 0 radical (unpaired) electrons. The van der Waals surface area contributed by atoms with E-state index < -0.39 is 23.8 Å². The number of likely N-dealkylation sites (N-methyl/N-ethyl adjacent to an activating group) is 1. The van der Waals surface area contributed by atoms with Crippen molar-refractivity contribution < 1.29 is 29.3 Å². The maximum absolute atomic E-state index is 14.1. The van der Waals surface area contributed by atoms with E-state index in [2.05, 4.69) is 26.2 Å². The van der Waals surface area contributed by atoms with Gasteiger partial charge in [-0.3, -0.25) is 4.79 Å². The van der Waals surface area contributed by atoms with Gasteiger partial charge in [-0.05, 0) is 97.8 Å². The van der Waals surface area contributed by atoms with E-state index in [1.165, 1.54) is 6.20 Å². The van der Waals surface area contributed by atoms with Gasteiger partial charge in [-0.2, -0.15) is 4.90 Å². The average Bonchev–Trinajstić information content (AvgIpc) is 2.99. The number of nitrogens with zero attached hydrogens (tertiary/aromatic N) is 3. The van der Waals surface area contributed by atoms with E-state index in [0.717, 1.165) is 26.7 Å². The zero-order valence-corrected chi connectivity index (χ0v) is 28.8. The molecule has 2 atom stereocenters. The second kappa shape index (κ2) is 14.4. The summed E-state index contributed by atoms with van der Waals surface area (Å²) < 4.78 is 6.15. The highest BCUT2D eigenvalue weighted by molar-refractivity contribution is 9.10. The maximum atomic E-state index is 14.1. The number of aliphatic hydroxyl groups excluding tert-OH is 1. The Morgan fingerprint density at radius 2 is 1.79 bits per heavy atom. The van der Waals surface area contributed by atoms with Gasteiger partial charge < -0.3 is 30.9 Å². The number of pyridine rings is 1. The number of aromatic nitrogens is 1. The van der Waals surface area contributed by atoms with Crippen molar-refractivity contribution in [3.8, 4) is 0 Å². The number of nitrogen functional groups attached to an aromatic ring is 1. The first-order valence-electron chi connectivity index (χ1n) is 15.0. The number of nitrogens with one attached hydrogen (secondary N) is 1. The molecular formula is C35H40BrN5O6. The third kappa shape index (κ3) is 8.38. The molecule has 5 N–H and O–H groups in total. The molecule has 0 aliphatic heterocycles. The van der Waals surface area contributed by atoms with Crippen LogP contribution in [0.3, 0.4) is 0 Å². The molecule has 1 unspecified atom stereocenters. The minimum atomic E-state index is -1.53. The number of fused-ring (bicyclic) bond motifs is 1. The number of carboxylic acid groups (broad SMARTS) is 1. The van der Waals surface area contributed by atoms with E-state index in [-0.39, 0.29) is 24.2 Å². The first kappa shape index (κ1) is 35.2. The highest BCUT2D eigenvalue weighted by Gasteiger charge is 2.31. The van der Waals surface area contributed by atoms with Crippen LogP contribution in [0.25, 0.3) is 10.8 Å². The summed E-state index contributed by atoms with van der Waals surface area (Å²) >= 11 is 3.55. The Bertz CT molecular complexity index is 1810. The summed E-state index contributed by atoms with van der Waals surface area (Å²) in [5, 5.41) is 24.0. The molecule has 11 nitrogen and oxygen atoms in total. The Kier molecular flexibility index (Phi) is 10.8. The van der Waals surface area contributed by atoms with Crippen molar-refractivity contribution in [3.63, 3.8) is 0 Å². The van der Waals surface area contributed by atoms with Crippen LogP contribution in [0.5, 0.6) is 0 Å². The number of amides is 3. The van der Waals surface area contributed by atoms with Gasteiger partial charge in [0.1, 0.15) is 11.6 Å². The minimum absolute atomic E-state index is 0.000211. The van der Waals surface area contributed by atoms with Crippen LogP contribution in [0.2, 0.25) is 0 Å². The van der Waals surface area contributed by atoms with Crippen molar-refractivity contribution in [1.82, 2.24) is 9.88 Å². The van der Waals surface area contributed by atoms with Crippen molar-refractivity contribution in [2.45, 2.75) is 58.7 Å². The van der Waals surface area contributed by atoms with E-state index in [4.69, 9.17) is 10.5 Å². The van der Waals surface area contributed by atoms with Crippen LogP contribution >= 0.6 is 15.9 Å². The van der Waals surface area contributed by atoms with E-state index in [9.17, 15) is 24.6 Å². The predicted molar refractivity (Wildman–Crippen MR) is 187 cm³/mol. The monoisotopic (exact) mass is 705 g/mol. The summed E-state index contributed by atoms with van der Waals surface area (Å²) in [7, 11) is 1.72. The van der Waals surface area contributed by atoms with Crippen LogP contribution < -0.4 is 16.0 Å². The third-order valence-corrected chi connectivity index (χ3v) is 8.34. The van der Waals surface area contributed by atoms with Gasteiger partial charge in [0.15, 0.2) is 5.82 Å². The number of rotatable bonds is 9. The molecule has 248 valence electrons. The summed E-state index contributed by atoms with van der Waals surface area (Å²) in [5.41, 5.74) is 9.75. The number of halogens is 1. The molecule has 0 spiro atoms. The lowest BCUT2D eigenvalue weighted by Crippen LogP contribution is -2.40. The van der Waals surface area contributed by atoms with Gasteiger partial charge in [-0.25, -0.2) is 14.6 Å². The molecule has 0 aliphatic carbocycles. The summed E-state index contributed by atoms with van der Waals surface area (Å²) in [6.07, 6.45) is -1.19. The van der Waals surface area contributed by atoms with Crippen LogP contribution in [0, 0.1) is 6.92 Å². The number of hydrogen-bond donors (Lipinski definition) is 4. The standard InChI is InChI=1S/C35H40BrN5O6/c1-20-15-23(7-10-27(20)21(2)19-42)30(32(43)40(6)18-24-16-25(37)8-12-29(24)36)39-26-9-11-28-22(17-26)13-14-38-31(28)41(33(44)45)34(46)47-35(3,4)5/h7-17,21,30,39,42H,18-19,37H2,1-6H3,(H,44,45)/t21-,30?/m0/s1. The number of carbonyl (C=O) groups excluding carboxylic acids is 2. The van der Waals surface area contributed by atoms with E-state index >= 15 is 0 Å². The fraction of sp³-hybridized carbons (Fsp3) is 0.314. The van der Waals surface area contributed by atoms with Crippen LogP contribution in [0.1, 0.15) is 61.9 Å². The number of hydrogen-bond acceptors (Lipinski definition) is 8. The Balaban J connectivity index is 1.73. The second-order valence-corrected chi connectivity index (χ2v) is 13.3. The van der Waals surface area contributed by atoms with Crippen molar-refractivity contribution in [1.29, 1.82) is 0 Å². The Morgan fingerprint density at radius 3 is 2.43 bits per heavy atom. The molecule has 12 heteroatoms. The molecule has 4 aromatic rings. The molecule has 0 aliphatic rings. The molecule has 0 saturated heterocycles. The molecule has 3 aromatic carbocycles. The molecule has 0 fully saturated rings. The van der Waals surface area contributed by atoms with Gasteiger partial charge in [0.25, 0.3) is 0 Å². The van der Waals surface area contributed by atoms with Crippen molar-refractivity contribution in [3.05, 3.63) is 93.6 Å². The zero-order valence-electron chi connectivity index (χ0n) is 27.2. The van der Waals surface area contributed by atoms with Crippen LogP contribution in [-0.4, -0.2) is 57.4 Å². The summed E-state index contributed by atoms with van der Waals surface area (Å²) in [6.45, 7) is 9.11. The van der Waals surface area contributed by atoms with Crippen LogP contribution in [0.15, 0.2) is 71.3 Å². The van der Waals surface area contributed by atoms with E-state index in [0.29, 0.717) is 33.6 Å². The third-order valence-electron chi connectivity index (χ3n) is 7.57. The van der Waals surface area contributed by atoms with Crippen molar-refractivity contribution in [2.75, 3.05) is 29.6 Å². The molecular weight excluding hydrogens is 666 g/mol. The topological polar surface area (TPSA) is 158 Å². The fourth-order valence-corrected chi connectivity index (χ4v) is 5.62. The van der Waals surface area contributed by atoms with E-state index in [1.54, 1.807) is 63.1 Å². The number of anilines is 3. The predicted octanol–water partition coefficient (Wildman–Crippen LogP) is 7.22. The smallest absolute Gasteiger partial charge is 0.425 e. The van der Waals surface area contributed by atoms with Gasteiger partial charge >= 0.3 is 12.2 Å². The molecule has 3 amide bonds. The lowest BCUT2D eigenvalue weighted by atomic mass is 9.93. The average molecular weight is 707 g/mol. The first-order chi connectivity index (χ1) is 22.1. The molecule has 0 bridgehead atoms. The van der Waals surface area contributed by atoms with Gasteiger partial charge in [0, 0.05) is 53.5 Å². The largest absolute Gasteiger partial charge is 0.464 e. The number of aliphatic hydroxyl groups is 1. The molecule has 0 saturated carbocycles. The Labute approximate surface area is 282 Å². The van der Waals surface area contributed by atoms with Crippen molar-refractivity contribution in [2.24, 2.45) is 0 Å². The summed E-state index contributed by atoms with van der Waals surface area (Å²) in [5.74, 6) is -0.372. The van der Waals surface area contributed by atoms with Crippen LogP contribution in [0.4, 0.5) is 26.8 Å². The number of aryl methyl sites for hydroxylation is 1. The highest BCUT2D eigenvalue weighted by Crippen LogP contribution is 2.32. The number of benzene rings is 3. The molecule has 1 aromatic heterocycles. The second-order valence-electron chi connectivity index (χ2n) is 12.5. The molecule has 47 heavy (non-hydrogen) atoms. The summed E-state index contributed by atoms with van der Waals surface area (Å²) in [6, 6.07) is 17.2. The van der Waals surface area contributed by atoms with Gasteiger partial charge in [-0.1, -0.05) is 41.1 Å². The highest BCUT2D eigenvalue weighted by atomic mass is 79.9. The van der Waals surface area contributed by atoms with Gasteiger partial charge in [0.2, 0.25) is 5.91 Å². The minimum Gasteiger partial charge on any atom is -0.464 e. The number of nitrogens with two attached hydrogens (primary N) is 1. The fourth-order valence-electron chi connectivity index (χ4n) is 5.25. The lowest BCUT2D eigenvalue weighted by molar-refractivity contribution is -0.131. The van der Waals surface area contributed by atoms with Gasteiger partial charge in [-0.15, -0.1) is 0 Å². The summed E-state index contributed by atoms with van der Waals surface area (Å²) in [4.78, 5) is 45.4. The zero-order chi connectivity index (χ0) is 34.6. The molecule has 1 heterocycles. The van der Waals surface area contributed by atoms with Crippen LogP contribution in [-0.2, 0) is 16.1 Å². The Morgan fingerprint density at radius 1 is 1.06 bits per heavy atom. The lowest BCUT2D eigenvalue weighted by Gasteiger charge is -2.27. The van der Waals surface area contributed by atoms with Crippen molar-refractivity contribution >= 4 is 62.0 Å². The molecule has 4 rings (SSSR count). The number of carbonyl (C=O) groups is 3. The first-order valence-corrected chi connectivity index (χ1v) is 15.8. The number of ether oxygens (including phenoxy) is 1. The maximum Gasteiger partial charge on any atom is 0.425 e. The quantitative estimate of drug-likeness (QED) is 0.132. The van der Waals surface area contributed by atoms with E-state index in [1.807, 2.05) is 44.2 Å². The Hall–Kier alpha value is -4.68. The van der Waals surface area contributed by atoms with Gasteiger partial charge in [0.05, 0.1) is 0 Å². The number of imide groups is 1. The SMILES string of the molecule is Cc1cc(C(Nc2ccc3c(N(C(=O)O)C(=O)OC(C)(C)C)nccc3c2)C(=O)N(C)Cc2cc(N)ccc2Br)ccc1[C@@H](C)CO.